The van der Waals surface area contributed by atoms with E-state index < -0.39 is 0 Å². The number of rotatable bonds is 8. The predicted molar refractivity (Wildman–Crippen MR) is 91.0 cm³/mol. The summed E-state index contributed by atoms with van der Waals surface area (Å²) in [7, 11) is 1.83. The molecule has 124 valence electrons. The largest absolute Gasteiger partial charge is 0.356 e. The molecule has 0 spiro atoms. The zero-order chi connectivity index (χ0) is 15.6. The Bertz CT molecular complexity index is 428. The summed E-state index contributed by atoms with van der Waals surface area (Å²) in [5.41, 5.74) is 0. The van der Waals surface area contributed by atoms with Crippen molar-refractivity contribution in [3.05, 3.63) is 18.5 Å². The van der Waals surface area contributed by atoms with Crippen molar-refractivity contribution in [2.45, 2.75) is 32.7 Å². The van der Waals surface area contributed by atoms with Gasteiger partial charge in [0.15, 0.2) is 5.96 Å². The molecule has 6 heteroatoms. The topological polar surface area (TPSA) is 57.5 Å². The van der Waals surface area contributed by atoms with Crippen LogP contribution in [0.2, 0.25) is 0 Å². The first-order chi connectivity index (χ1) is 10.8. The molecule has 1 unspecified atom stereocenters. The molecular weight excluding hydrogens is 276 g/mol. The number of likely N-dealkylation sites (tertiary alicyclic amines) is 1. The number of aromatic nitrogens is 2. The van der Waals surface area contributed by atoms with Crippen molar-refractivity contribution >= 4 is 5.96 Å². The van der Waals surface area contributed by atoms with Crippen LogP contribution < -0.4 is 10.6 Å². The quantitative estimate of drug-likeness (QED) is 0.430. The molecule has 1 atom stereocenters. The molecule has 6 nitrogen and oxygen atoms in total. The monoisotopic (exact) mass is 306 g/mol. The van der Waals surface area contributed by atoms with Crippen molar-refractivity contribution in [3.63, 3.8) is 0 Å². The van der Waals surface area contributed by atoms with E-state index in [2.05, 4.69) is 32.5 Å². The van der Waals surface area contributed by atoms with Crippen LogP contribution in [0.4, 0.5) is 0 Å². The van der Waals surface area contributed by atoms with E-state index >= 15 is 0 Å². The van der Waals surface area contributed by atoms with Crippen LogP contribution in [0.5, 0.6) is 0 Å². The number of guanidine groups is 1. The molecule has 0 saturated carbocycles. The normalized spacial score (nSPS) is 19.5. The number of hydrogen-bond acceptors (Lipinski definition) is 3. The van der Waals surface area contributed by atoms with Crippen molar-refractivity contribution in [1.82, 2.24) is 25.3 Å². The van der Waals surface area contributed by atoms with Crippen LogP contribution in [-0.4, -0.2) is 60.4 Å². The Balaban J connectivity index is 1.57. The van der Waals surface area contributed by atoms with Gasteiger partial charge in [-0.2, -0.15) is 5.10 Å². The highest BCUT2D eigenvalue weighted by Gasteiger charge is 2.21. The van der Waals surface area contributed by atoms with Gasteiger partial charge < -0.3 is 15.5 Å². The second-order valence-corrected chi connectivity index (χ2v) is 5.96. The molecule has 1 aliphatic rings. The maximum Gasteiger partial charge on any atom is 0.190 e. The Hall–Kier alpha value is -1.56. The van der Waals surface area contributed by atoms with E-state index in [9.17, 15) is 0 Å². The number of aryl methyl sites for hydroxylation is 1. The van der Waals surface area contributed by atoms with E-state index in [4.69, 9.17) is 0 Å². The summed E-state index contributed by atoms with van der Waals surface area (Å²) >= 11 is 0. The van der Waals surface area contributed by atoms with E-state index in [0.717, 1.165) is 37.9 Å². The molecule has 0 bridgehead atoms. The van der Waals surface area contributed by atoms with Crippen LogP contribution in [0.1, 0.15) is 26.2 Å². The van der Waals surface area contributed by atoms with Gasteiger partial charge >= 0.3 is 0 Å². The Morgan fingerprint density at radius 3 is 3.00 bits per heavy atom. The van der Waals surface area contributed by atoms with E-state index in [1.54, 1.807) is 0 Å². The van der Waals surface area contributed by atoms with Crippen LogP contribution in [0.25, 0.3) is 0 Å². The molecule has 1 aliphatic heterocycles. The fourth-order valence-corrected chi connectivity index (χ4v) is 2.94. The first-order valence-electron chi connectivity index (χ1n) is 8.46. The first kappa shape index (κ1) is 16.8. The third-order valence-electron chi connectivity index (χ3n) is 4.11. The zero-order valence-electron chi connectivity index (χ0n) is 14.0. The second kappa shape index (κ2) is 9.46. The Kier molecular flexibility index (Phi) is 7.22. The predicted octanol–water partition coefficient (Wildman–Crippen LogP) is 1.17. The van der Waals surface area contributed by atoms with Crippen molar-refractivity contribution in [2.24, 2.45) is 10.9 Å². The summed E-state index contributed by atoms with van der Waals surface area (Å²) in [5.74, 6) is 1.66. The molecule has 0 aromatic carbocycles. The van der Waals surface area contributed by atoms with Gasteiger partial charge in [0.25, 0.3) is 0 Å². The highest BCUT2D eigenvalue weighted by Crippen LogP contribution is 2.15. The number of aliphatic imine (C=N–C) groups is 1. The fraction of sp³-hybridized carbons (Fsp3) is 0.750. The van der Waals surface area contributed by atoms with E-state index in [0.29, 0.717) is 0 Å². The number of nitrogens with zero attached hydrogens (tertiary/aromatic N) is 4. The van der Waals surface area contributed by atoms with E-state index in [1.165, 1.54) is 32.5 Å². The minimum absolute atomic E-state index is 0.745. The molecule has 0 aliphatic carbocycles. The molecule has 2 heterocycles. The van der Waals surface area contributed by atoms with Gasteiger partial charge in [-0.3, -0.25) is 9.67 Å². The van der Waals surface area contributed by atoms with Gasteiger partial charge in [-0.15, -0.1) is 0 Å². The SMILES string of the molecule is CCCN1CCC(CNC(=NC)NCCCn2cccn2)C1. The van der Waals surface area contributed by atoms with Gasteiger partial charge in [0.2, 0.25) is 0 Å². The summed E-state index contributed by atoms with van der Waals surface area (Å²) in [6.07, 6.45) is 7.39. The summed E-state index contributed by atoms with van der Waals surface area (Å²) in [6, 6.07) is 1.96. The van der Waals surface area contributed by atoms with Gasteiger partial charge in [-0.05, 0) is 44.3 Å². The van der Waals surface area contributed by atoms with Crippen molar-refractivity contribution in [1.29, 1.82) is 0 Å². The van der Waals surface area contributed by atoms with E-state index in [-0.39, 0.29) is 0 Å². The molecule has 1 aromatic heterocycles. The fourth-order valence-electron chi connectivity index (χ4n) is 2.94. The number of hydrogen-bond donors (Lipinski definition) is 2. The van der Waals surface area contributed by atoms with Gasteiger partial charge in [-0.1, -0.05) is 6.92 Å². The van der Waals surface area contributed by atoms with Gasteiger partial charge in [-0.25, -0.2) is 0 Å². The lowest BCUT2D eigenvalue weighted by Gasteiger charge is -2.17. The average Bonchev–Trinajstić information content (AvgIpc) is 3.19. The molecule has 2 N–H and O–H groups in total. The third-order valence-corrected chi connectivity index (χ3v) is 4.11. The third kappa shape index (κ3) is 5.67. The van der Waals surface area contributed by atoms with Crippen LogP contribution in [0.15, 0.2) is 23.5 Å². The lowest BCUT2D eigenvalue weighted by molar-refractivity contribution is 0.324. The van der Waals surface area contributed by atoms with Crippen molar-refractivity contribution in [2.75, 3.05) is 39.8 Å². The van der Waals surface area contributed by atoms with Crippen LogP contribution >= 0.6 is 0 Å². The van der Waals surface area contributed by atoms with Crippen LogP contribution in [0, 0.1) is 5.92 Å². The standard InChI is InChI=1S/C16H30N6/c1-3-9-21-12-6-15(14-21)13-19-16(17-2)18-7-4-10-22-11-5-8-20-22/h5,8,11,15H,3-4,6-7,9-10,12-14H2,1-2H3,(H2,17,18,19). The minimum atomic E-state index is 0.745. The van der Waals surface area contributed by atoms with Crippen LogP contribution in [0.3, 0.4) is 0 Å². The molecule has 0 radical (unpaired) electrons. The maximum absolute atomic E-state index is 4.30. The first-order valence-corrected chi connectivity index (χ1v) is 8.46. The van der Waals surface area contributed by atoms with Crippen molar-refractivity contribution < 1.29 is 0 Å². The van der Waals surface area contributed by atoms with E-state index in [1.807, 2.05) is 30.2 Å². The number of nitrogens with one attached hydrogen (secondary N) is 2. The lowest BCUT2D eigenvalue weighted by atomic mass is 10.1. The average molecular weight is 306 g/mol. The molecule has 1 fully saturated rings. The van der Waals surface area contributed by atoms with Crippen molar-refractivity contribution in [3.8, 4) is 0 Å². The Morgan fingerprint density at radius 1 is 1.36 bits per heavy atom. The van der Waals surface area contributed by atoms with Gasteiger partial charge in [0.05, 0.1) is 0 Å². The molecule has 0 amide bonds. The summed E-state index contributed by atoms with van der Waals surface area (Å²) < 4.78 is 1.96. The van der Waals surface area contributed by atoms with Gasteiger partial charge in [0.1, 0.15) is 0 Å². The molecule has 1 saturated heterocycles. The molecule has 22 heavy (non-hydrogen) atoms. The zero-order valence-corrected chi connectivity index (χ0v) is 14.0. The summed E-state index contributed by atoms with van der Waals surface area (Å²) in [6.45, 7) is 8.81. The lowest BCUT2D eigenvalue weighted by Crippen LogP contribution is -2.40. The highest BCUT2D eigenvalue weighted by molar-refractivity contribution is 5.79. The summed E-state index contributed by atoms with van der Waals surface area (Å²) in [4.78, 5) is 6.86. The Labute approximate surface area is 134 Å². The molecule has 2 rings (SSSR count). The highest BCUT2D eigenvalue weighted by atomic mass is 15.3. The molecular formula is C16H30N6. The molecule has 1 aromatic rings. The summed E-state index contributed by atoms with van der Waals surface area (Å²) in [5, 5.41) is 11.0. The smallest absolute Gasteiger partial charge is 0.190 e. The Morgan fingerprint density at radius 2 is 2.27 bits per heavy atom. The van der Waals surface area contributed by atoms with Gasteiger partial charge in [0, 0.05) is 45.6 Å². The second-order valence-electron chi connectivity index (χ2n) is 5.96. The van der Waals surface area contributed by atoms with Crippen LogP contribution in [-0.2, 0) is 6.54 Å². The maximum atomic E-state index is 4.30. The minimum Gasteiger partial charge on any atom is -0.356 e.